The predicted molar refractivity (Wildman–Crippen MR) is 155 cm³/mol. The topological polar surface area (TPSA) is 126 Å². The number of benzene rings is 1. The van der Waals surface area contributed by atoms with Crippen molar-refractivity contribution in [2.45, 2.75) is 40.2 Å². The van der Waals surface area contributed by atoms with Gasteiger partial charge in [0.1, 0.15) is 30.0 Å². The van der Waals surface area contributed by atoms with Crippen LogP contribution in [0.5, 0.6) is 5.75 Å². The number of carbonyl (C=O) groups excluding carboxylic acids is 1. The molecule has 2 aliphatic rings. The lowest BCUT2D eigenvalue weighted by Crippen LogP contribution is -2.58. The Balaban J connectivity index is 1.49. The van der Waals surface area contributed by atoms with Gasteiger partial charge in [-0.15, -0.1) is 0 Å². The van der Waals surface area contributed by atoms with Gasteiger partial charge in [-0.3, -0.25) is 0 Å². The summed E-state index contributed by atoms with van der Waals surface area (Å²) in [5, 5.41) is 17.6. The molecule has 2 aliphatic heterocycles. The van der Waals surface area contributed by atoms with E-state index < -0.39 is 6.10 Å². The van der Waals surface area contributed by atoms with Crippen molar-refractivity contribution in [1.29, 1.82) is 0 Å². The molecule has 1 amide bonds. The van der Waals surface area contributed by atoms with Crippen molar-refractivity contribution in [3.63, 3.8) is 0 Å². The SMILES string of the molecule is CCOC(=O)N1CCC2(C1)CN(c1nc(-c3cc(OCC(O)CNC)ccc3Cl)nc(-c3c(C)noc3C)c1C)C2. The van der Waals surface area contributed by atoms with E-state index in [1.54, 1.807) is 30.1 Å². The molecule has 2 N–H and O–H groups in total. The number of likely N-dealkylation sites (N-methyl/N-ethyl adjacent to an activating group) is 1. The second kappa shape index (κ2) is 11.8. The number of aryl methyl sites for hydroxylation is 2. The lowest BCUT2D eigenvalue weighted by atomic mass is 9.79. The Morgan fingerprint density at radius 1 is 1.24 bits per heavy atom. The molecule has 0 radical (unpaired) electrons. The van der Waals surface area contributed by atoms with Crippen molar-refractivity contribution < 1.29 is 23.9 Å². The summed E-state index contributed by atoms with van der Waals surface area (Å²) in [6.07, 6.45) is 0.0153. The summed E-state index contributed by atoms with van der Waals surface area (Å²) in [5.74, 6) is 2.48. The molecule has 3 aromatic rings. The van der Waals surface area contributed by atoms with E-state index >= 15 is 0 Å². The molecule has 2 aromatic heterocycles. The van der Waals surface area contributed by atoms with Gasteiger partial charge in [0, 0.05) is 49.3 Å². The fraction of sp³-hybridized carbons (Fsp3) is 0.517. The molecule has 11 nitrogen and oxygen atoms in total. The number of rotatable bonds is 9. The van der Waals surface area contributed by atoms with Crippen LogP contribution in [0.2, 0.25) is 5.02 Å². The summed E-state index contributed by atoms with van der Waals surface area (Å²) in [6.45, 7) is 11.4. The van der Waals surface area contributed by atoms with Crippen LogP contribution in [-0.4, -0.2) is 90.3 Å². The van der Waals surface area contributed by atoms with Crippen LogP contribution >= 0.6 is 11.6 Å². The van der Waals surface area contributed by atoms with E-state index in [2.05, 4.69) is 15.4 Å². The third-order valence-corrected chi connectivity index (χ3v) is 8.10. The second-order valence-corrected chi connectivity index (χ2v) is 11.3. The summed E-state index contributed by atoms with van der Waals surface area (Å²) >= 11 is 6.68. The van der Waals surface area contributed by atoms with Gasteiger partial charge in [0.25, 0.3) is 0 Å². The van der Waals surface area contributed by atoms with Crippen LogP contribution in [0.25, 0.3) is 22.6 Å². The van der Waals surface area contributed by atoms with Crippen molar-refractivity contribution >= 4 is 23.5 Å². The van der Waals surface area contributed by atoms with Crippen molar-refractivity contribution in [3.8, 4) is 28.4 Å². The summed E-state index contributed by atoms with van der Waals surface area (Å²) < 4.78 is 16.6. The van der Waals surface area contributed by atoms with E-state index in [0.29, 0.717) is 54.2 Å². The van der Waals surface area contributed by atoms with Gasteiger partial charge < -0.3 is 34.2 Å². The maximum atomic E-state index is 12.3. The molecule has 1 atom stereocenters. The second-order valence-electron chi connectivity index (χ2n) is 10.9. The maximum absolute atomic E-state index is 12.3. The Hall–Kier alpha value is -3.41. The van der Waals surface area contributed by atoms with Crippen LogP contribution in [0, 0.1) is 26.2 Å². The fourth-order valence-corrected chi connectivity index (χ4v) is 5.93. The number of halogens is 1. The number of amides is 1. The van der Waals surface area contributed by atoms with Crippen LogP contribution in [0.1, 0.15) is 30.4 Å². The monoisotopic (exact) mass is 584 g/mol. The highest BCUT2D eigenvalue weighted by Gasteiger charge is 2.50. The summed E-state index contributed by atoms with van der Waals surface area (Å²) in [5.41, 5.74) is 3.84. The third-order valence-electron chi connectivity index (χ3n) is 7.77. The highest BCUT2D eigenvalue weighted by molar-refractivity contribution is 6.33. The first kappa shape index (κ1) is 29.1. The molecule has 12 heteroatoms. The molecular weight excluding hydrogens is 548 g/mol. The number of nitrogens with one attached hydrogen (secondary N) is 1. The number of hydrogen-bond acceptors (Lipinski definition) is 10. The van der Waals surface area contributed by atoms with Crippen LogP contribution in [-0.2, 0) is 4.74 Å². The van der Waals surface area contributed by atoms with Gasteiger partial charge in [0.2, 0.25) is 0 Å². The van der Waals surface area contributed by atoms with Crippen molar-refractivity contribution in [2.75, 3.05) is 57.9 Å². The molecule has 1 spiro atoms. The van der Waals surface area contributed by atoms with Crippen LogP contribution in [0.15, 0.2) is 22.7 Å². The third kappa shape index (κ3) is 5.84. The predicted octanol–water partition coefficient (Wildman–Crippen LogP) is 4.00. The largest absolute Gasteiger partial charge is 0.491 e. The molecule has 0 aliphatic carbocycles. The smallest absolute Gasteiger partial charge is 0.409 e. The van der Waals surface area contributed by atoms with Gasteiger partial charge >= 0.3 is 6.09 Å². The molecule has 0 saturated carbocycles. The van der Waals surface area contributed by atoms with Crippen LogP contribution < -0.4 is 15.0 Å². The zero-order chi connectivity index (χ0) is 29.3. The van der Waals surface area contributed by atoms with E-state index in [1.807, 2.05) is 27.7 Å². The van der Waals surface area contributed by atoms with Crippen LogP contribution in [0.4, 0.5) is 10.6 Å². The Bertz CT molecular complexity index is 1400. The zero-order valence-corrected chi connectivity index (χ0v) is 24.9. The number of hydrogen-bond donors (Lipinski definition) is 2. The van der Waals surface area contributed by atoms with Gasteiger partial charge in [0.05, 0.1) is 28.6 Å². The molecule has 4 heterocycles. The van der Waals surface area contributed by atoms with Crippen molar-refractivity contribution in [1.82, 2.24) is 25.3 Å². The van der Waals surface area contributed by atoms with E-state index in [1.165, 1.54) is 0 Å². The summed E-state index contributed by atoms with van der Waals surface area (Å²) in [6, 6.07) is 5.30. The molecular formula is C29H37ClN6O5. The Morgan fingerprint density at radius 2 is 2.02 bits per heavy atom. The maximum Gasteiger partial charge on any atom is 0.409 e. The lowest BCUT2D eigenvalue weighted by molar-refractivity contribution is 0.107. The molecule has 1 aromatic carbocycles. The number of ether oxygens (including phenoxy) is 2. The van der Waals surface area contributed by atoms with Crippen molar-refractivity contribution in [2.24, 2.45) is 5.41 Å². The highest BCUT2D eigenvalue weighted by Crippen LogP contribution is 2.44. The minimum absolute atomic E-state index is 0.00703. The number of aromatic nitrogens is 3. The number of nitrogens with zero attached hydrogens (tertiary/aromatic N) is 5. The molecule has 2 saturated heterocycles. The average Bonchev–Trinajstić information content (AvgIpc) is 3.52. The van der Waals surface area contributed by atoms with Gasteiger partial charge in [0.15, 0.2) is 5.82 Å². The van der Waals surface area contributed by atoms with Crippen molar-refractivity contribution in [3.05, 3.63) is 40.2 Å². The lowest BCUT2D eigenvalue weighted by Gasteiger charge is -2.49. The fourth-order valence-electron chi connectivity index (χ4n) is 5.73. The molecule has 1 unspecified atom stereocenters. The summed E-state index contributed by atoms with van der Waals surface area (Å²) in [7, 11) is 1.77. The van der Waals surface area contributed by atoms with Gasteiger partial charge in [-0.25, -0.2) is 14.8 Å². The van der Waals surface area contributed by atoms with E-state index in [-0.39, 0.29) is 18.1 Å². The standard InChI is InChI=1S/C29H37ClN6O5/c1-6-39-28(38)35-10-9-29(14-35)15-36(16-29)27-17(2)25(24-18(3)34-41-19(24)4)32-26(33-27)22-11-21(7-8-23(22)30)40-13-20(37)12-31-5/h7-8,11,20,31,37H,6,9-10,12-16H2,1-5H3. The van der Waals surface area contributed by atoms with E-state index in [9.17, 15) is 9.90 Å². The van der Waals surface area contributed by atoms with E-state index in [4.69, 9.17) is 35.6 Å². The van der Waals surface area contributed by atoms with Gasteiger partial charge in [-0.1, -0.05) is 16.8 Å². The summed E-state index contributed by atoms with van der Waals surface area (Å²) in [4.78, 5) is 26.3. The quantitative estimate of drug-likeness (QED) is 0.381. The Labute approximate surface area is 244 Å². The Morgan fingerprint density at radius 3 is 2.71 bits per heavy atom. The minimum atomic E-state index is -0.651. The molecule has 41 heavy (non-hydrogen) atoms. The Kier molecular flexibility index (Phi) is 8.40. The number of anilines is 1. The number of carbonyl (C=O) groups is 1. The molecule has 0 bridgehead atoms. The average molecular weight is 585 g/mol. The number of likely N-dealkylation sites (tertiary alicyclic amines) is 1. The molecule has 2 fully saturated rings. The first-order valence-corrected chi connectivity index (χ1v) is 14.3. The first-order valence-electron chi connectivity index (χ1n) is 13.9. The minimum Gasteiger partial charge on any atom is -0.491 e. The zero-order valence-electron chi connectivity index (χ0n) is 24.2. The number of aliphatic hydroxyl groups is 1. The van der Waals surface area contributed by atoms with Gasteiger partial charge in [-0.05, 0) is 59.4 Å². The van der Waals surface area contributed by atoms with Crippen LogP contribution in [0.3, 0.4) is 0 Å². The van der Waals surface area contributed by atoms with Gasteiger partial charge in [-0.2, -0.15) is 0 Å². The van der Waals surface area contributed by atoms with E-state index in [0.717, 1.165) is 47.8 Å². The normalized spacial score (nSPS) is 16.7. The number of aliphatic hydroxyl groups excluding tert-OH is 1. The first-order chi connectivity index (χ1) is 19.6. The molecule has 220 valence electrons. The highest BCUT2D eigenvalue weighted by atomic mass is 35.5. The molecule has 5 rings (SSSR count).